The molecule has 1 aliphatic rings. The fourth-order valence-corrected chi connectivity index (χ4v) is 5.56. The van der Waals surface area contributed by atoms with Gasteiger partial charge in [-0.3, -0.25) is 4.79 Å². The molecule has 0 unspecified atom stereocenters. The summed E-state index contributed by atoms with van der Waals surface area (Å²) in [7, 11) is 0. The van der Waals surface area contributed by atoms with Crippen LogP contribution in [0.25, 0.3) is 0 Å². The third-order valence-corrected chi connectivity index (χ3v) is 6.90. The minimum atomic E-state index is 0.0107. The molecule has 1 saturated heterocycles. The number of para-hydroxylation sites is 1. The minimum absolute atomic E-state index is 0.0107. The maximum atomic E-state index is 12.9. The van der Waals surface area contributed by atoms with Gasteiger partial charge in [0.25, 0.3) is 5.91 Å². The van der Waals surface area contributed by atoms with Gasteiger partial charge in [-0.15, -0.1) is 30.1 Å². The van der Waals surface area contributed by atoms with Gasteiger partial charge in [-0.1, -0.05) is 36.4 Å². The number of hydrogen-bond donors (Lipinski definition) is 0. The number of carbonyl (C=O) groups is 1. The molecule has 0 atom stereocenters. The van der Waals surface area contributed by atoms with E-state index in [0.717, 1.165) is 11.3 Å². The molecule has 2 nitrogen and oxygen atoms in total. The lowest BCUT2D eigenvalue weighted by Crippen LogP contribution is -2.30. The normalized spacial score (nSPS) is 15.0. The molecular formula is C20H21NOS2. The van der Waals surface area contributed by atoms with E-state index in [1.165, 1.54) is 23.5 Å². The molecule has 0 aliphatic carbocycles. The third kappa shape index (κ3) is 4.05. The summed E-state index contributed by atoms with van der Waals surface area (Å²) >= 11 is 3.99. The first-order valence-corrected chi connectivity index (χ1v) is 10.2. The van der Waals surface area contributed by atoms with Crippen molar-refractivity contribution in [3.05, 3.63) is 78.4 Å². The van der Waals surface area contributed by atoms with Crippen LogP contribution in [0.1, 0.15) is 26.9 Å². The highest BCUT2D eigenvalue weighted by atomic mass is 32.2. The summed E-state index contributed by atoms with van der Waals surface area (Å²) in [5.74, 6) is 2.45. The number of thioether (sulfide) groups is 2. The van der Waals surface area contributed by atoms with E-state index < -0.39 is 0 Å². The van der Waals surface area contributed by atoms with Crippen LogP contribution in [-0.2, 0) is 0 Å². The van der Waals surface area contributed by atoms with Crippen molar-refractivity contribution in [1.29, 1.82) is 0 Å². The maximum Gasteiger partial charge on any atom is 0.258 e. The molecule has 2 aromatic rings. The zero-order valence-corrected chi connectivity index (χ0v) is 15.2. The van der Waals surface area contributed by atoms with E-state index in [2.05, 4.69) is 18.7 Å². The van der Waals surface area contributed by atoms with Crippen LogP contribution in [-0.4, -0.2) is 24.0 Å². The number of benzene rings is 2. The highest BCUT2D eigenvalue weighted by Gasteiger charge is 2.19. The lowest BCUT2D eigenvalue weighted by Gasteiger charge is -2.23. The molecule has 0 spiro atoms. The van der Waals surface area contributed by atoms with Gasteiger partial charge in [0, 0.05) is 17.8 Å². The second kappa shape index (κ2) is 8.45. The van der Waals surface area contributed by atoms with Crippen LogP contribution in [0.5, 0.6) is 0 Å². The van der Waals surface area contributed by atoms with E-state index in [-0.39, 0.29) is 5.91 Å². The summed E-state index contributed by atoms with van der Waals surface area (Å²) < 4.78 is 0.501. The molecule has 0 bridgehead atoms. The molecule has 1 amide bonds. The molecule has 1 aliphatic heterocycles. The van der Waals surface area contributed by atoms with Gasteiger partial charge < -0.3 is 4.90 Å². The van der Waals surface area contributed by atoms with Crippen LogP contribution < -0.4 is 4.90 Å². The van der Waals surface area contributed by atoms with Crippen LogP contribution in [0.2, 0.25) is 0 Å². The van der Waals surface area contributed by atoms with Crippen molar-refractivity contribution in [2.24, 2.45) is 0 Å². The van der Waals surface area contributed by atoms with Gasteiger partial charge in [-0.2, -0.15) is 0 Å². The molecule has 3 rings (SSSR count). The molecule has 2 aromatic carbocycles. The monoisotopic (exact) mass is 355 g/mol. The second-order valence-corrected chi connectivity index (χ2v) is 8.31. The predicted molar refractivity (Wildman–Crippen MR) is 107 cm³/mol. The first kappa shape index (κ1) is 17.2. The second-order valence-electron chi connectivity index (χ2n) is 5.59. The Hall–Kier alpha value is -1.65. The molecule has 24 heavy (non-hydrogen) atoms. The number of rotatable bonds is 5. The Morgan fingerprint density at radius 3 is 2.38 bits per heavy atom. The summed E-state index contributed by atoms with van der Waals surface area (Å²) in [5, 5.41) is 0. The molecule has 1 heterocycles. The van der Waals surface area contributed by atoms with Crippen molar-refractivity contribution in [3.63, 3.8) is 0 Å². The summed E-state index contributed by atoms with van der Waals surface area (Å²) in [4.78, 5) is 14.6. The summed E-state index contributed by atoms with van der Waals surface area (Å²) in [6.45, 7) is 4.28. The van der Waals surface area contributed by atoms with Crippen LogP contribution in [0, 0.1) is 0 Å². The van der Waals surface area contributed by atoms with E-state index in [0.29, 0.717) is 11.1 Å². The molecule has 0 radical (unpaired) electrons. The van der Waals surface area contributed by atoms with Gasteiger partial charge in [0.05, 0.1) is 4.58 Å². The van der Waals surface area contributed by atoms with Crippen LogP contribution in [0.4, 0.5) is 5.69 Å². The van der Waals surface area contributed by atoms with Gasteiger partial charge >= 0.3 is 0 Å². The lowest BCUT2D eigenvalue weighted by atomic mass is 10.1. The van der Waals surface area contributed by atoms with E-state index in [1.54, 1.807) is 11.0 Å². The number of amides is 1. The van der Waals surface area contributed by atoms with Crippen molar-refractivity contribution in [2.75, 3.05) is 23.0 Å². The van der Waals surface area contributed by atoms with Gasteiger partial charge in [0.15, 0.2) is 0 Å². The van der Waals surface area contributed by atoms with Gasteiger partial charge in [0.1, 0.15) is 0 Å². The number of hydrogen-bond acceptors (Lipinski definition) is 3. The summed E-state index contributed by atoms with van der Waals surface area (Å²) in [6.07, 6.45) is 3.05. The summed E-state index contributed by atoms with van der Waals surface area (Å²) in [6, 6.07) is 17.8. The van der Waals surface area contributed by atoms with Crippen LogP contribution >= 0.6 is 23.5 Å². The average Bonchev–Trinajstić information content (AvgIpc) is 2.67. The number of carbonyl (C=O) groups excluding carboxylic acids is 1. The highest BCUT2D eigenvalue weighted by Crippen LogP contribution is 2.43. The Balaban J connectivity index is 1.78. The smallest absolute Gasteiger partial charge is 0.258 e. The van der Waals surface area contributed by atoms with Crippen molar-refractivity contribution < 1.29 is 4.79 Å². The van der Waals surface area contributed by atoms with E-state index in [1.807, 2.05) is 66.0 Å². The Bertz CT molecular complexity index is 679. The van der Waals surface area contributed by atoms with Gasteiger partial charge in [-0.25, -0.2) is 0 Å². The zero-order chi connectivity index (χ0) is 16.8. The van der Waals surface area contributed by atoms with Gasteiger partial charge in [0.2, 0.25) is 0 Å². The van der Waals surface area contributed by atoms with Crippen molar-refractivity contribution in [3.8, 4) is 0 Å². The standard InChI is InChI=1S/C20H21NOS2/c1-2-13-21(18-7-4-3-5-8-18)19(22)16-9-11-17(12-10-16)20-23-14-6-15-24-20/h2-5,7-12,20H,1,6,13-15H2. The van der Waals surface area contributed by atoms with E-state index >= 15 is 0 Å². The largest absolute Gasteiger partial charge is 0.305 e. The minimum Gasteiger partial charge on any atom is -0.305 e. The van der Waals surface area contributed by atoms with Gasteiger partial charge in [-0.05, 0) is 47.8 Å². The van der Waals surface area contributed by atoms with Crippen molar-refractivity contribution >= 4 is 35.1 Å². The van der Waals surface area contributed by atoms with Crippen molar-refractivity contribution in [1.82, 2.24) is 0 Å². The molecule has 0 saturated carbocycles. The summed E-state index contributed by atoms with van der Waals surface area (Å²) in [5.41, 5.74) is 2.91. The first-order chi connectivity index (χ1) is 11.8. The van der Waals surface area contributed by atoms with Crippen molar-refractivity contribution in [2.45, 2.75) is 11.0 Å². The topological polar surface area (TPSA) is 20.3 Å². The fraction of sp³-hybridized carbons (Fsp3) is 0.250. The first-order valence-electron chi connectivity index (χ1n) is 8.10. The Morgan fingerprint density at radius 1 is 1.08 bits per heavy atom. The van der Waals surface area contributed by atoms with Crippen LogP contribution in [0.3, 0.4) is 0 Å². The van der Waals surface area contributed by atoms with Crippen LogP contribution in [0.15, 0.2) is 67.3 Å². The molecule has 0 N–H and O–H groups in total. The quantitative estimate of drug-likeness (QED) is 0.671. The SMILES string of the molecule is C=CCN(C(=O)c1ccc(C2SCCCS2)cc1)c1ccccc1. The third-order valence-electron chi connectivity index (χ3n) is 3.88. The zero-order valence-electron chi connectivity index (χ0n) is 13.6. The number of nitrogens with zero attached hydrogens (tertiary/aromatic N) is 1. The van der Waals surface area contributed by atoms with E-state index in [9.17, 15) is 4.79 Å². The van der Waals surface area contributed by atoms with E-state index in [4.69, 9.17) is 0 Å². The predicted octanol–water partition coefficient (Wildman–Crippen LogP) is 5.39. The Labute approximate surface area is 152 Å². The average molecular weight is 356 g/mol. The highest BCUT2D eigenvalue weighted by molar-refractivity contribution is 8.16. The molecule has 0 aromatic heterocycles. The number of anilines is 1. The fourth-order valence-electron chi connectivity index (χ4n) is 2.66. The molecule has 4 heteroatoms. The molecule has 124 valence electrons. The molecular weight excluding hydrogens is 334 g/mol. The Kier molecular flexibility index (Phi) is 6.05. The lowest BCUT2D eigenvalue weighted by molar-refractivity contribution is 0.0989. The Morgan fingerprint density at radius 2 is 1.75 bits per heavy atom. The maximum absolute atomic E-state index is 12.9. The molecule has 1 fully saturated rings.